The van der Waals surface area contributed by atoms with Gasteiger partial charge in [-0.1, -0.05) is 23.8 Å². The molecule has 0 spiro atoms. The molecule has 0 aromatic heterocycles. The van der Waals surface area contributed by atoms with E-state index in [9.17, 15) is 4.79 Å². The Kier molecular flexibility index (Phi) is 3.20. The first-order chi connectivity index (χ1) is 8.28. The summed E-state index contributed by atoms with van der Waals surface area (Å²) in [5, 5.41) is 0. The van der Waals surface area contributed by atoms with Gasteiger partial charge in [0, 0.05) is 0 Å². The van der Waals surface area contributed by atoms with Gasteiger partial charge >= 0.3 is 5.97 Å². The highest BCUT2D eigenvalue weighted by molar-refractivity contribution is 5.79. The fraction of sp³-hybridized carbons (Fsp3) is 0.533. The Bertz CT molecular complexity index is 471. The van der Waals surface area contributed by atoms with Crippen molar-refractivity contribution in [3.05, 3.63) is 34.9 Å². The molecule has 0 bridgehead atoms. The van der Waals surface area contributed by atoms with Crippen LogP contribution >= 0.6 is 0 Å². The van der Waals surface area contributed by atoms with Crippen LogP contribution in [0.5, 0.6) is 0 Å². The van der Waals surface area contributed by atoms with Crippen molar-refractivity contribution in [1.29, 1.82) is 0 Å². The van der Waals surface area contributed by atoms with Gasteiger partial charge in [0.1, 0.15) is 11.7 Å². The molecular formula is C15H20O3. The summed E-state index contributed by atoms with van der Waals surface area (Å²) in [5.41, 5.74) is 2.99. The van der Waals surface area contributed by atoms with Crippen LogP contribution in [0.3, 0.4) is 0 Å². The van der Waals surface area contributed by atoms with Crippen LogP contribution in [0.2, 0.25) is 0 Å². The van der Waals surface area contributed by atoms with Crippen LogP contribution in [0.4, 0.5) is 0 Å². The second-order valence-corrected chi connectivity index (χ2v) is 5.87. The van der Waals surface area contributed by atoms with Gasteiger partial charge < -0.3 is 9.47 Å². The van der Waals surface area contributed by atoms with Gasteiger partial charge in [-0.2, -0.15) is 0 Å². The molecule has 18 heavy (non-hydrogen) atoms. The number of hydrogen-bond acceptors (Lipinski definition) is 3. The summed E-state index contributed by atoms with van der Waals surface area (Å²) in [7, 11) is 0. The van der Waals surface area contributed by atoms with E-state index in [1.807, 2.05) is 39.8 Å². The quantitative estimate of drug-likeness (QED) is 0.596. The fourth-order valence-corrected chi connectivity index (χ4v) is 2.03. The maximum atomic E-state index is 11.8. The van der Waals surface area contributed by atoms with E-state index in [4.69, 9.17) is 9.47 Å². The van der Waals surface area contributed by atoms with Crippen LogP contribution in [0.25, 0.3) is 0 Å². The van der Waals surface area contributed by atoms with Crippen LogP contribution in [0.1, 0.15) is 43.6 Å². The van der Waals surface area contributed by atoms with Crippen molar-refractivity contribution in [2.75, 3.05) is 0 Å². The van der Waals surface area contributed by atoms with Crippen molar-refractivity contribution in [1.82, 2.24) is 0 Å². The van der Waals surface area contributed by atoms with Crippen LogP contribution < -0.4 is 0 Å². The third-order valence-corrected chi connectivity index (χ3v) is 2.86. The second-order valence-electron chi connectivity index (χ2n) is 5.87. The Morgan fingerprint density at radius 3 is 2.50 bits per heavy atom. The molecule has 0 radical (unpaired) electrons. The van der Waals surface area contributed by atoms with Gasteiger partial charge in [-0.3, -0.25) is 0 Å². The molecular weight excluding hydrogens is 228 g/mol. The first-order valence-electron chi connectivity index (χ1n) is 6.23. The third-order valence-electron chi connectivity index (χ3n) is 2.86. The third kappa shape index (κ3) is 2.91. The number of epoxide rings is 1. The molecule has 3 heteroatoms. The summed E-state index contributed by atoms with van der Waals surface area (Å²) >= 11 is 0. The Morgan fingerprint density at radius 1 is 1.28 bits per heavy atom. The molecule has 3 nitrogen and oxygen atoms in total. The lowest BCUT2D eigenvalue weighted by Crippen LogP contribution is -2.26. The standard InChI is InChI=1S/C15H20O3/c1-9-6-7-11(10(2)8-9)12-13(17-12)14(16)18-15(3,4)5/h6-8,12-13H,1-5H3. The molecule has 1 heterocycles. The van der Waals surface area contributed by atoms with Crippen molar-refractivity contribution in [2.24, 2.45) is 0 Å². The number of carbonyl (C=O) groups is 1. The Labute approximate surface area is 108 Å². The molecule has 2 atom stereocenters. The molecule has 98 valence electrons. The number of ether oxygens (including phenoxy) is 2. The molecule has 0 saturated carbocycles. The van der Waals surface area contributed by atoms with E-state index in [1.165, 1.54) is 5.56 Å². The second kappa shape index (κ2) is 4.39. The molecule has 0 aliphatic carbocycles. The Balaban J connectivity index is 2.05. The minimum Gasteiger partial charge on any atom is -0.458 e. The Morgan fingerprint density at radius 2 is 1.94 bits per heavy atom. The molecule has 1 aliphatic heterocycles. The van der Waals surface area contributed by atoms with Crippen molar-refractivity contribution in [3.63, 3.8) is 0 Å². The number of hydrogen-bond donors (Lipinski definition) is 0. The molecule has 1 aliphatic rings. The van der Waals surface area contributed by atoms with Gasteiger partial charge in [0.25, 0.3) is 0 Å². The Hall–Kier alpha value is -1.35. The molecule has 1 saturated heterocycles. The lowest BCUT2D eigenvalue weighted by atomic mass is 10.0. The summed E-state index contributed by atoms with van der Waals surface area (Å²) in [4.78, 5) is 11.8. The van der Waals surface area contributed by atoms with Crippen LogP contribution in [-0.2, 0) is 14.3 Å². The lowest BCUT2D eigenvalue weighted by molar-refractivity contribution is -0.156. The highest BCUT2D eigenvalue weighted by atomic mass is 16.6. The molecule has 0 N–H and O–H groups in total. The maximum Gasteiger partial charge on any atom is 0.338 e. The predicted molar refractivity (Wildman–Crippen MR) is 69.4 cm³/mol. The maximum absolute atomic E-state index is 11.8. The van der Waals surface area contributed by atoms with E-state index < -0.39 is 11.7 Å². The number of esters is 1. The smallest absolute Gasteiger partial charge is 0.338 e. The van der Waals surface area contributed by atoms with E-state index in [2.05, 4.69) is 13.0 Å². The predicted octanol–water partition coefficient (Wildman–Crippen LogP) is 3.09. The zero-order chi connectivity index (χ0) is 13.5. The molecule has 1 fully saturated rings. The highest BCUT2D eigenvalue weighted by Crippen LogP contribution is 2.41. The molecule has 1 aromatic rings. The normalized spacial score (nSPS) is 22.7. The van der Waals surface area contributed by atoms with E-state index >= 15 is 0 Å². The molecule has 1 aromatic carbocycles. The minimum atomic E-state index is -0.462. The van der Waals surface area contributed by atoms with Gasteiger partial charge in [-0.25, -0.2) is 4.79 Å². The van der Waals surface area contributed by atoms with Crippen LogP contribution in [0.15, 0.2) is 18.2 Å². The summed E-state index contributed by atoms with van der Waals surface area (Å²) in [6.45, 7) is 9.67. The van der Waals surface area contributed by atoms with Gasteiger partial charge in [0.05, 0.1) is 0 Å². The van der Waals surface area contributed by atoms with E-state index in [1.54, 1.807) is 0 Å². The van der Waals surface area contributed by atoms with Gasteiger partial charge in [0.15, 0.2) is 6.10 Å². The first kappa shape index (κ1) is 13.1. The lowest BCUT2D eigenvalue weighted by Gasteiger charge is -2.18. The fourth-order valence-electron chi connectivity index (χ4n) is 2.03. The first-order valence-corrected chi connectivity index (χ1v) is 6.23. The van der Waals surface area contributed by atoms with Crippen LogP contribution in [0, 0.1) is 13.8 Å². The SMILES string of the molecule is Cc1ccc(C2OC2C(=O)OC(C)(C)C)c(C)c1. The van der Waals surface area contributed by atoms with Gasteiger partial charge in [0.2, 0.25) is 0 Å². The summed E-state index contributed by atoms with van der Waals surface area (Å²) in [5.74, 6) is -0.271. The number of carbonyl (C=O) groups excluding carboxylic acids is 1. The average Bonchev–Trinajstić information content (AvgIpc) is 2.94. The summed E-state index contributed by atoms with van der Waals surface area (Å²) in [6, 6.07) is 6.17. The monoisotopic (exact) mass is 248 g/mol. The number of benzene rings is 1. The van der Waals surface area contributed by atoms with Crippen molar-refractivity contribution < 1.29 is 14.3 Å². The van der Waals surface area contributed by atoms with Crippen LogP contribution in [-0.4, -0.2) is 17.7 Å². The highest BCUT2D eigenvalue weighted by Gasteiger charge is 2.48. The zero-order valence-electron chi connectivity index (χ0n) is 11.6. The van der Waals surface area contributed by atoms with Gasteiger partial charge in [-0.15, -0.1) is 0 Å². The van der Waals surface area contributed by atoms with Crippen molar-refractivity contribution in [2.45, 2.75) is 52.4 Å². The average molecular weight is 248 g/mol. The zero-order valence-corrected chi connectivity index (χ0v) is 11.6. The topological polar surface area (TPSA) is 38.8 Å². The van der Waals surface area contributed by atoms with Crippen molar-refractivity contribution >= 4 is 5.97 Å². The molecule has 2 unspecified atom stereocenters. The van der Waals surface area contributed by atoms with Crippen molar-refractivity contribution in [3.8, 4) is 0 Å². The van der Waals surface area contributed by atoms with Gasteiger partial charge in [-0.05, 0) is 45.7 Å². The van der Waals surface area contributed by atoms with E-state index in [-0.39, 0.29) is 12.1 Å². The number of aryl methyl sites for hydroxylation is 2. The van der Waals surface area contributed by atoms with E-state index in [0.717, 1.165) is 11.1 Å². The molecule has 0 amide bonds. The summed E-state index contributed by atoms with van der Waals surface area (Å²) < 4.78 is 10.8. The van der Waals surface area contributed by atoms with E-state index in [0.29, 0.717) is 0 Å². The minimum absolute atomic E-state index is 0.138. The largest absolute Gasteiger partial charge is 0.458 e. The summed E-state index contributed by atoms with van der Waals surface area (Å²) in [6.07, 6.45) is -0.578. The number of rotatable bonds is 2. The molecule has 2 rings (SSSR count).